The van der Waals surface area contributed by atoms with E-state index in [-0.39, 0.29) is 10.5 Å². The molecule has 0 saturated carbocycles. The van der Waals surface area contributed by atoms with Crippen LogP contribution in [0.25, 0.3) is 0 Å². The van der Waals surface area contributed by atoms with Crippen molar-refractivity contribution in [2.75, 3.05) is 38.2 Å². The summed E-state index contributed by atoms with van der Waals surface area (Å²) in [5.74, 6) is -0.372. The highest BCUT2D eigenvalue weighted by Crippen LogP contribution is 2.43. The molecule has 9 nitrogen and oxygen atoms in total. The third kappa shape index (κ3) is 4.55. The molecule has 0 spiro atoms. The second-order valence-corrected chi connectivity index (χ2v) is 11.4. The molecule has 2 N–H and O–H groups in total. The van der Waals surface area contributed by atoms with Crippen molar-refractivity contribution in [2.24, 2.45) is 4.99 Å². The van der Waals surface area contributed by atoms with Crippen LogP contribution in [-0.4, -0.2) is 68.4 Å². The van der Waals surface area contributed by atoms with Gasteiger partial charge < -0.3 is 14.9 Å². The van der Waals surface area contributed by atoms with E-state index < -0.39 is 16.0 Å². The highest BCUT2D eigenvalue weighted by Gasteiger charge is 2.32. The summed E-state index contributed by atoms with van der Waals surface area (Å²) in [6, 6.07) is 14.7. The number of fused-ring (bicyclic) bond motifs is 2. The highest BCUT2D eigenvalue weighted by atomic mass is 32.2. The SMILES string of the molecule is Cc1cc2c(s1)N(NS(=O)(=O)c1cccc(C(=O)O)c1)c1ccccc1N=C2N1CCN(C)CC1. The molecule has 0 aliphatic carbocycles. The Morgan fingerprint density at radius 2 is 1.80 bits per heavy atom. The van der Waals surface area contributed by atoms with Gasteiger partial charge in [-0.15, -0.1) is 16.2 Å². The second kappa shape index (κ2) is 9.08. The van der Waals surface area contributed by atoms with Crippen LogP contribution in [0, 0.1) is 6.92 Å². The topological polar surface area (TPSA) is 106 Å². The highest BCUT2D eigenvalue weighted by molar-refractivity contribution is 7.89. The van der Waals surface area contributed by atoms with Crippen molar-refractivity contribution in [3.63, 3.8) is 0 Å². The number of benzene rings is 2. The van der Waals surface area contributed by atoms with Crippen LogP contribution in [0.3, 0.4) is 0 Å². The molecule has 11 heteroatoms. The number of carboxylic acids is 1. The molecule has 1 saturated heterocycles. The van der Waals surface area contributed by atoms with Gasteiger partial charge in [-0.25, -0.2) is 18.2 Å². The number of likely N-dealkylation sites (N-methyl/N-ethyl adjacent to an activating group) is 1. The summed E-state index contributed by atoms with van der Waals surface area (Å²) < 4.78 is 26.9. The zero-order valence-electron chi connectivity index (χ0n) is 19.3. The Balaban J connectivity index is 1.61. The number of anilines is 2. The van der Waals surface area contributed by atoms with Gasteiger partial charge in [0.05, 0.1) is 27.4 Å². The Hall–Kier alpha value is -3.25. The van der Waals surface area contributed by atoms with E-state index in [1.165, 1.54) is 29.5 Å². The normalized spacial score (nSPS) is 16.3. The number of carboxylic acid groups (broad SMARTS) is 1. The first-order valence-electron chi connectivity index (χ1n) is 11.1. The van der Waals surface area contributed by atoms with Crippen molar-refractivity contribution in [1.29, 1.82) is 0 Å². The first-order valence-corrected chi connectivity index (χ1v) is 13.4. The minimum absolute atomic E-state index is 0.0996. The van der Waals surface area contributed by atoms with Gasteiger partial charge in [0, 0.05) is 31.1 Å². The number of hydrazine groups is 1. The molecule has 0 radical (unpaired) electrons. The Labute approximate surface area is 208 Å². The summed E-state index contributed by atoms with van der Waals surface area (Å²) >= 11 is 1.47. The van der Waals surface area contributed by atoms with E-state index in [1.54, 1.807) is 5.01 Å². The lowest BCUT2D eigenvalue weighted by atomic mass is 10.2. The minimum Gasteiger partial charge on any atom is -0.478 e. The quantitative estimate of drug-likeness (QED) is 0.553. The number of amidine groups is 1. The number of nitrogens with one attached hydrogen (secondary N) is 1. The van der Waals surface area contributed by atoms with Crippen molar-refractivity contribution in [3.05, 3.63) is 70.6 Å². The van der Waals surface area contributed by atoms with Gasteiger partial charge in [-0.2, -0.15) is 0 Å². The average Bonchev–Trinajstić information content (AvgIpc) is 3.18. The molecule has 2 aliphatic rings. The number of sulfonamides is 1. The Bertz CT molecular complexity index is 1430. The van der Waals surface area contributed by atoms with E-state index >= 15 is 0 Å². The maximum atomic E-state index is 13.4. The molecule has 0 bridgehead atoms. The fourth-order valence-corrected chi connectivity index (χ4v) is 6.29. The predicted molar refractivity (Wildman–Crippen MR) is 137 cm³/mol. The third-order valence-corrected chi connectivity index (χ3v) is 8.37. The van der Waals surface area contributed by atoms with Crippen LogP contribution in [-0.2, 0) is 10.0 Å². The van der Waals surface area contributed by atoms with Gasteiger partial charge in [0.2, 0.25) is 0 Å². The van der Waals surface area contributed by atoms with Crippen molar-refractivity contribution in [1.82, 2.24) is 14.6 Å². The molecule has 0 atom stereocenters. The number of carbonyl (C=O) groups is 1. The number of rotatable bonds is 4. The van der Waals surface area contributed by atoms with Gasteiger partial charge in [-0.1, -0.05) is 18.2 Å². The molecule has 3 heterocycles. The van der Waals surface area contributed by atoms with Gasteiger partial charge in [-0.3, -0.25) is 5.01 Å². The van der Waals surface area contributed by atoms with Crippen LogP contribution in [0.1, 0.15) is 20.8 Å². The van der Waals surface area contributed by atoms with Crippen molar-refractivity contribution >= 4 is 49.5 Å². The number of aryl methyl sites for hydroxylation is 1. The molecular weight excluding hydrogens is 486 g/mol. The van der Waals surface area contributed by atoms with Crippen LogP contribution in [0.4, 0.5) is 16.4 Å². The van der Waals surface area contributed by atoms with Crippen LogP contribution in [0.2, 0.25) is 0 Å². The first-order chi connectivity index (χ1) is 16.7. The van der Waals surface area contributed by atoms with Gasteiger partial charge >= 0.3 is 5.97 Å². The van der Waals surface area contributed by atoms with E-state index in [0.717, 1.165) is 48.5 Å². The maximum absolute atomic E-state index is 13.4. The largest absolute Gasteiger partial charge is 0.478 e. The fourth-order valence-electron chi connectivity index (χ4n) is 4.18. The van der Waals surface area contributed by atoms with Crippen LogP contribution in [0.15, 0.2) is 64.5 Å². The first kappa shape index (κ1) is 23.5. The van der Waals surface area contributed by atoms with E-state index in [0.29, 0.717) is 16.4 Å². The van der Waals surface area contributed by atoms with E-state index in [1.807, 2.05) is 37.3 Å². The fraction of sp³-hybridized carbons (Fsp3) is 0.250. The number of piperazine rings is 1. The molecule has 0 unspecified atom stereocenters. The number of aromatic carboxylic acids is 1. The Morgan fingerprint density at radius 1 is 1.06 bits per heavy atom. The monoisotopic (exact) mass is 511 g/mol. The van der Waals surface area contributed by atoms with Gasteiger partial charge in [-0.05, 0) is 50.4 Å². The number of hydrogen-bond acceptors (Lipinski definition) is 8. The number of hydrogen-bond donors (Lipinski definition) is 2. The maximum Gasteiger partial charge on any atom is 0.335 e. The number of para-hydroxylation sites is 2. The standard InChI is InChI=1S/C24H25N5O4S2/c1-16-14-19-22(28-12-10-27(2)11-13-28)25-20-8-3-4-9-21(20)29(23(19)34-16)26-35(32,33)18-7-5-6-17(15-18)24(30)31/h3-9,14-15,26H,10-13H2,1-2H3,(H,30,31). The van der Waals surface area contributed by atoms with Crippen molar-refractivity contribution in [2.45, 2.75) is 11.8 Å². The van der Waals surface area contributed by atoms with E-state index in [2.05, 4.69) is 21.7 Å². The molecular formula is C24H25N5O4S2. The number of nitrogens with zero attached hydrogens (tertiary/aromatic N) is 4. The third-order valence-electron chi connectivity index (χ3n) is 6.03. The summed E-state index contributed by atoms with van der Waals surface area (Å²) in [7, 11) is -2.02. The van der Waals surface area contributed by atoms with Gasteiger partial charge in [0.15, 0.2) is 0 Å². The molecule has 182 valence electrons. The molecule has 35 heavy (non-hydrogen) atoms. The Kier molecular flexibility index (Phi) is 6.09. The lowest BCUT2D eigenvalue weighted by Crippen LogP contribution is -2.47. The van der Waals surface area contributed by atoms with E-state index in [9.17, 15) is 18.3 Å². The minimum atomic E-state index is -4.11. The molecule has 1 fully saturated rings. The number of thiophene rings is 1. The molecule has 1 aromatic heterocycles. The molecule has 2 aromatic carbocycles. The summed E-state index contributed by atoms with van der Waals surface area (Å²) in [6.07, 6.45) is 0. The lowest BCUT2D eigenvalue weighted by molar-refractivity contribution is 0.0696. The summed E-state index contributed by atoms with van der Waals surface area (Å²) in [5.41, 5.74) is 2.00. The molecule has 2 aliphatic heterocycles. The van der Waals surface area contributed by atoms with Gasteiger partial charge in [0.1, 0.15) is 10.8 Å². The van der Waals surface area contributed by atoms with Crippen molar-refractivity contribution in [3.8, 4) is 0 Å². The Morgan fingerprint density at radius 3 is 2.54 bits per heavy atom. The smallest absolute Gasteiger partial charge is 0.335 e. The van der Waals surface area contributed by atoms with Crippen molar-refractivity contribution < 1.29 is 18.3 Å². The molecule has 0 amide bonds. The van der Waals surface area contributed by atoms with Crippen LogP contribution < -0.4 is 9.84 Å². The lowest BCUT2D eigenvalue weighted by Gasteiger charge is -2.34. The summed E-state index contributed by atoms with van der Waals surface area (Å²) in [4.78, 5) is 24.5. The van der Waals surface area contributed by atoms with E-state index in [4.69, 9.17) is 4.99 Å². The molecule has 3 aromatic rings. The van der Waals surface area contributed by atoms with Crippen LogP contribution >= 0.6 is 11.3 Å². The molecule has 5 rings (SSSR count). The zero-order valence-corrected chi connectivity index (χ0v) is 20.9. The van der Waals surface area contributed by atoms with Gasteiger partial charge in [0.25, 0.3) is 10.0 Å². The zero-order chi connectivity index (χ0) is 24.7. The summed E-state index contributed by atoms with van der Waals surface area (Å²) in [6.45, 7) is 5.44. The number of aliphatic imine (C=N–C) groups is 1. The van der Waals surface area contributed by atoms with Crippen LogP contribution in [0.5, 0.6) is 0 Å². The summed E-state index contributed by atoms with van der Waals surface area (Å²) in [5, 5.41) is 11.6. The predicted octanol–water partition coefficient (Wildman–Crippen LogP) is 3.43. The average molecular weight is 512 g/mol. The second-order valence-electron chi connectivity index (χ2n) is 8.55.